The number of hydrogen-bond donors (Lipinski definition) is 0. The first-order chi connectivity index (χ1) is 7.40. The van der Waals surface area contributed by atoms with Crippen LogP contribution in [0.4, 0.5) is 0 Å². The molecule has 0 bridgehead atoms. The highest BCUT2D eigenvalue weighted by molar-refractivity contribution is 5.50. The van der Waals surface area contributed by atoms with Crippen molar-refractivity contribution >= 4 is 6.29 Å². The van der Waals surface area contributed by atoms with Crippen LogP contribution < -0.4 is 0 Å². The Labute approximate surface area is 90.8 Å². The predicted octanol–water partition coefficient (Wildman–Crippen LogP) is 3.33. The normalized spacial score (nSPS) is 25.1. The van der Waals surface area contributed by atoms with Gasteiger partial charge in [0.25, 0.3) is 0 Å². The smallest absolute Gasteiger partial charge is 0.120 e. The Balaban J connectivity index is 2.03. The molecule has 1 aliphatic rings. The van der Waals surface area contributed by atoms with Crippen molar-refractivity contribution in [3.05, 3.63) is 48.0 Å². The van der Waals surface area contributed by atoms with Gasteiger partial charge in [0.15, 0.2) is 0 Å². The maximum atomic E-state index is 10.4. The van der Waals surface area contributed by atoms with Gasteiger partial charge >= 0.3 is 0 Å². The van der Waals surface area contributed by atoms with E-state index in [0.29, 0.717) is 18.3 Å². The minimum Gasteiger partial charge on any atom is -0.303 e. The molecule has 0 saturated heterocycles. The first kappa shape index (κ1) is 10.2. The van der Waals surface area contributed by atoms with Gasteiger partial charge in [-0.2, -0.15) is 0 Å². The van der Waals surface area contributed by atoms with Gasteiger partial charge in [-0.05, 0) is 24.3 Å². The number of rotatable bonds is 3. The fraction of sp³-hybridized carbons (Fsp3) is 0.357. The fourth-order valence-electron chi connectivity index (χ4n) is 2.18. The molecule has 0 aromatic heterocycles. The standard InChI is InChI=1S/C14H16O/c15-11-10-12-6-8-14(9-7-12)13-4-2-1-3-5-13/h1-6,8,11-12,14H,7,9-10H2. The summed E-state index contributed by atoms with van der Waals surface area (Å²) in [4.78, 5) is 10.4. The maximum Gasteiger partial charge on any atom is 0.120 e. The molecule has 1 aliphatic carbocycles. The zero-order valence-electron chi connectivity index (χ0n) is 8.80. The van der Waals surface area contributed by atoms with E-state index < -0.39 is 0 Å². The van der Waals surface area contributed by atoms with Crippen LogP contribution in [0.3, 0.4) is 0 Å². The van der Waals surface area contributed by atoms with E-state index in [1.54, 1.807) is 0 Å². The van der Waals surface area contributed by atoms with Gasteiger partial charge < -0.3 is 4.79 Å². The van der Waals surface area contributed by atoms with Crippen molar-refractivity contribution in [2.24, 2.45) is 5.92 Å². The highest BCUT2D eigenvalue weighted by atomic mass is 16.1. The molecule has 0 N–H and O–H groups in total. The lowest BCUT2D eigenvalue weighted by Gasteiger charge is -2.21. The van der Waals surface area contributed by atoms with E-state index in [9.17, 15) is 4.79 Å². The molecule has 2 atom stereocenters. The molecule has 0 heterocycles. The number of carbonyl (C=O) groups excluding carboxylic acids is 1. The summed E-state index contributed by atoms with van der Waals surface area (Å²) in [6.07, 6.45) is 8.46. The number of benzene rings is 1. The second-order valence-corrected chi connectivity index (χ2v) is 4.14. The Morgan fingerprint density at radius 3 is 2.53 bits per heavy atom. The highest BCUT2D eigenvalue weighted by Crippen LogP contribution is 2.30. The predicted molar refractivity (Wildman–Crippen MR) is 61.7 cm³/mol. The third-order valence-corrected chi connectivity index (χ3v) is 3.09. The van der Waals surface area contributed by atoms with Gasteiger partial charge in [-0.25, -0.2) is 0 Å². The largest absolute Gasteiger partial charge is 0.303 e. The van der Waals surface area contributed by atoms with E-state index in [1.807, 2.05) is 6.07 Å². The lowest BCUT2D eigenvalue weighted by Crippen LogP contribution is -2.07. The molecule has 0 aliphatic heterocycles. The number of allylic oxidation sites excluding steroid dienone is 2. The molecule has 0 amide bonds. The summed E-state index contributed by atoms with van der Waals surface area (Å²) in [6, 6.07) is 10.6. The van der Waals surface area contributed by atoms with E-state index in [0.717, 1.165) is 12.7 Å². The first-order valence-corrected chi connectivity index (χ1v) is 5.57. The van der Waals surface area contributed by atoms with Gasteiger partial charge in [-0.1, -0.05) is 42.5 Å². The van der Waals surface area contributed by atoms with Gasteiger partial charge in [-0.15, -0.1) is 0 Å². The summed E-state index contributed by atoms with van der Waals surface area (Å²) in [6.45, 7) is 0. The molecule has 0 spiro atoms. The monoisotopic (exact) mass is 200 g/mol. The Kier molecular flexibility index (Phi) is 3.33. The van der Waals surface area contributed by atoms with Crippen molar-refractivity contribution < 1.29 is 4.79 Å². The summed E-state index contributed by atoms with van der Waals surface area (Å²) in [5.41, 5.74) is 1.39. The van der Waals surface area contributed by atoms with Crippen LogP contribution in [0.1, 0.15) is 30.7 Å². The Hall–Kier alpha value is -1.37. The second-order valence-electron chi connectivity index (χ2n) is 4.14. The molecule has 1 nitrogen and oxygen atoms in total. The third-order valence-electron chi connectivity index (χ3n) is 3.09. The molecule has 1 heteroatoms. The Morgan fingerprint density at radius 2 is 1.93 bits per heavy atom. The Bertz CT molecular complexity index is 340. The quantitative estimate of drug-likeness (QED) is 0.540. The average Bonchev–Trinajstić information content (AvgIpc) is 2.32. The van der Waals surface area contributed by atoms with Crippen LogP contribution in [0.5, 0.6) is 0 Å². The maximum absolute atomic E-state index is 10.4. The zero-order valence-corrected chi connectivity index (χ0v) is 8.80. The molecular formula is C14H16O. The van der Waals surface area contributed by atoms with Crippen LogP contribution in [-0.2, 0) is 4.79 Å². The average molecular weight is 200 g/mol. The fourth-order valence-corrected chi connectivity index (χ4v) is 2.18. The van der Waals surface area contributed by atoms with Crippen molar-refractivity contribution in [3.63, 3.8) is 0 Å². The van der Waals surface area contributed by atoms with Crippen molar-refractivity contribution in [3.8, 4) is 0 Å². The molecule has 0 saturated carbocycles. The summed E-state index contributed by atoms with van der Waals surface area (Å²) >= 11 is 0. The number of aldehydes is 1. The van der Waals surface area contributed by atoms with Crippen molar-refractivity contribution in [1.82, 2.24) is 0 Å². The topological polar surface area (TPSA) is 17.1 Å². The van der Waals surface area contributed by atoms with Crippen molar-refractivity contribution in [2.75, 3.05) is 0 Å². The van der Waals surface area contributed by atoms with Gasteiger partial charge in [0, 0.05) is 12.3 Å². The molecule has 2 unspecified atom stereocenters. The van der Waals surface area contributed by atoms with Crippen LogP contribution >= 0.6 is 0 Å². The summed E-state index contributed by atoms with van der Waals surface area (Å²) in [7, 11) is 0. The summed E-state index contributed by atoms with van der Waals surface area (Å²) < 4.78 is 0. The van der Waals surface area contributed by atoms with Crippen LogP contribution in [0.15, 0.2) is 42.5 Å². The van der Waals surface area contributed by atoms with Crippen LogP contribution in [0.25, 0.3) is 0 Å². The lowest BCUT2D eigenvalue weighted by atomic mass is 9.83. The molecule has 1 aromatic carbocycles. The Morgan fingerprint density at radius 1 is 1.13 bits per heavy atom. The van der Waals surface area contributed by atoms with E-state index in [4.69, 9.17) is 0 Å². The SMILES string of the molecule is O=CCC1C=CC(c2ccccc2)CC1. The minimum absolute atomic E-state index is 0.475. The number of hydrogen-bond acceptors (Lipinski definition) is 1. The van der Waals surface area contributed by atoms with Gasteiger partial charge in [-0.3, -0.25) is 0 Å². The minimum atomic E-state index is 0.475. The molecule has 1 aromatic rings. The molecule has 0 radical (unpaired) electrons. The van der Waals surface area contributed by atoms with E-state index in [1.165, 1.54) is 12.0 Å². The van der Waals surface area contributed by atoms with Crippen LogP contribution in [-0.4, -0.2) is 6.29 Å². The molecule has 15 heavy (non-hydrogen) atoms. The lowest BCUT2D eigenvalue weighted by molar-refractivity contribution is -0.108. The van der Waals surface area contributed by atoms with Gasteiger partial charge in [0.2, 0.25) is 0 Å². The second kappa shape index (κ2) is 4.92. The van der Waals surface area contributed by atoms with Crippen LogP contribution in [0, 0.1) is 5.92 Å². The van der Waals surface area contributed by atoms with E-state index in [-0.39, 0.29) is 0 Å². The van der Waals surface area contributed by atoms with Crippen molar-refractivity contribution in [1.29, 1.82) is 0 Å². The number of carbonyl (C=O) groups is 1. The summed E-state index contributed by atoms with van der Waals surface area (Å²) in [5.74, 6) is 1.02. The van der Waals surface area contributed by atoms with E-state index >= 15 is 0 Å². The molecular weight excluding hydrogens is 184 g/mol. The van der Waals surface area contributed by atoms with E-state index in [2.05, 4.69) is 36.4 Å². The zero-order chi connectivity index (χ0) is 10.5. The van der Waals surface area contributed by atoms with Crippen LogP contribution in [0.2, 0.25) is 0 Å². The van der Waals surface area contributed by atoms with Gasteiger partial charge in [0.05, 0.1) is 0 Å². The first-order valence-electron chi connectivity index (χ1n) is 5.57. The van der Waals surface area contributed by atoms with Gasteiger partial charge in [0.1, 0.15) is 6.29 Å². The van der Waals surface area contributed by atoms with Crippen molar-refractivity contribution in [2.45, 2.75) is 25.2 Å². The highest BCUT2D eigenvalue weighted by Gasteiger charge is 2.16. The molecule has 78 valence electrons. The molecule has 0 fully saturated rings. The third kappa shape index (κ3) is 2.56. The molecule has 2 rings (SSSR count). The summed E-state index contributed by atoms with van der Waals surface area (Å²) in [5, 5.41) is 0.